The molecule has 2 heterocycles. The van der Waals surface area contributed by atoms with Gasteiger partial charge in [-0.15, -0.1) is 0 Å². The Morgan fingerprint density at radius 3 is 2.60 bits per heavy atom. The number of carbonyl (C=O) groups excluding carboxylic acids is 1. The van der Waals surface area contributed by atoms with Crippen LogP contribution in [0.25, 0.3) is 11.3 Å². The zero-order chi connectivity index (χ0) is 21.1. The predicted molar refractivity (Wildman–Crippen MR) is 118 cm³/mol. The van der Waals surface area contributed by atoms with Gasteiger partial charge in [-0.1, -0.05) is 12.1 Å². The lowest BCUT2D eigenvalue weighted by Crippen LogP contribution is -2.39. The number of carbonyl (C=O) groups is 1. The van der Waals surface area contributed by atoms with Crippen molar-refractivity contribution in [3.63, 3.8) is 0 Å². The molecule has 4 nitrogen and oxygen atoms in total. The molecular weight excluding hydrogens is 377 g/mol. The maximum Gasteiger partial charge on any atom is 0.253 e. The van der Waals surface area contributed by atoms with E-state index in [0.29, 0.717) is 6.54 Å². The largest absolute Gasteiger partial charge is 0.378 e. The van der Waals surface area contributed by atoms with E-state index in [9.17, 15) is 9.18 Å². The molecule has 1 aliphatic heterocycles. The van der Waals surface area contributed by atoms with Gasteiger partial charge in [0, 0.05) is 55.6 Å². The van der Waals surface area contributed by atoms with Crippen molar-refractivity contribution in [1.29, 1.82) is 0 Å². The van der Waals surface area contributed by atoms with Gasteiger partial charge < -0.3 is 9.80 Å². The lowest BCUT2D eigenvalue weighted by Gasteiger charge is -2.33. The molecule has 1 fully saturated rings. The highest BCUT2D eigenvalue weighted by molar-refractivity contribution is 5.95. The van der Waals surface area contributed by atoms with Gasteiger partial charge in [-0.2, -0.15) is 0 Å². The van der Waals surface area contributed by atoms with Gasteiger partial charge in [0.25, 0.3) is 5.91 Å². The summed E-state index contributed by atoms with van der Waals surface area (Å²) in [5.74, 6) is 0.00731. The summed E-state index contributed by atoms with van der Waals surface area (Å²) in [4.78, 5) is 21.9. The molecular formula is C25H26FN3O. The van der Waals surface area contributed by atoms with E-state index in [1.54, 1.807) is 12.1 Å². The summed E-state index contributed by atoms with van der Waals surface area (Å²) in [5.41, 5.74) is 4.44. The highest BCUT2D eigenvalue weighted by atomic mass is 19.1. The Bertz CT molecular complexity index is 1030. The zero-order valence-corrected chi connectivity index (χ0v) is 17.4. The van der Waals surface area contributed by atoms with Crippen LogP contribution in [0.4, 0.5) is 10.1 Å². The molecule has 1 unspecified atom stereocenters. The summed E-state index contributed by atoms with van der Waals surface area (Å²) in [6, 6.07) is 20.1. The van der Waals surface area contributed by atoms with Crippen molar-refractivity contribution in [2.75, 3.05) is 32.1 Å². The second-order valence-electron chi connectivity index (χ2n) is 7.99. The molecule has 3 aromatic rings. The number of likely N-dealkylation sites (tertiary alicyclic amines) is 1. The number of hydrogen-bond donors (Lipinski definition) is 0. The molecule has 4 rings (SSSR count). The van der Waals surface area contributed by atoms with Gasteiger partial charge in [0.1, 0.15) is 5.82 Å². The lowest BCUT2D eigenvalue weighted by atomic mass is 9.93. The molecule has 0 spiro atoms. The Morgan fingerprint density at radius 2 is 1.83 bits per heavy atom. The number of benzene rings is 2. The first-order valence-corrected chi connectivity index (χ1v) is 10.3. The maximum absolute atomic E-state index is 13.2. The van der Waals surface area contributed by atoms with E-state index in [4.69, 9.17) is 4.98 Å². The first kappa shape index (κ1) is 20.1. The van der Waals surface area contributed by atoms with Crippen LogP contribution in [-0.2, 0) is 0 Å². The van der Waals surface area contributed by atoms with Crippen LogP contribution in [0.2, 0.25) is 0 Å². The van der Waals surface area contributed by atoms with E-state index in [1.807, 2.05) is 66.4 Å². The monoisotopic (exact) mass is 403 g/mol. The standard InChI is InChI=1S/C25H26FN3O/c1-28(2)22-8-3-6-19(16-22)25(30)29-15-5-7-20(17-29)24-10-4-9-23(27-24)18-11-13-21(26)14-12-18/h3-4,6,8-14,16,20H,5,7,15,17H2,1-2H3. The molecule has 154 valence electrons. The summed E-state index contributed by atoms with van der Waals surface area (Å²) < 4.78 is 13.2. The third kappa shape index (κ3) is 4.35. The average Bonchev–Trinajstić information content (AvgIpc) is 2.79. The lowest BCUT2D eigenvalue weighted by molar-refractivity contribution is 0.0706. The third-order valence-electron chi connectivity index (χ3n) is 5.65. The Labute approximate surface area is 177 Å². The summed E-state index contributed by atoms with van der Waals surface area (Å²) >= 11 is 0. The van der Waals surface area contributed by atoms with Gasteiger partial charge in [-0.3, -0.25) is 9.78 Å². The van der Waals surface area contributed by atoms with Gasteiger partial charge in [-0.05, 0) is 67.4 Å². The van der Waals surface area contributed by atoms with E-state index in [1.165, 1.54) is 12.1 Å². The number of aromatic nitrogens is 1. The third-order valence-corrected chi connectivity index (χ3v) is 5.65. The van der Waals surface area contributed by atoms with Crippen LogP contribution >= 0.6 is 0 Å². The molecule has 1 aliphatic rings. The number of hydrogen-bond acceptors (Lipinski definition) is 3. The van der Waals surface area contributed by atoms with Crippen molar-refractivity contribution in [3.8, 4) is 11.3 Å². The molecule has 0 saturated carbocycles. The van der Waals surface area contributed by atoms with Gasteiger partial charge >= 0.3 is 0 Å². The van der Waals surface area contributed by atoms with Crippen LogP contribution in [-0.4, -0.2) is 43.0 Å². The minimum atomic E-state index is -0.255. The van der Waals surface area contributed by atoms with E-state index in [2.05, 4.69) is 0 Å². The Hall–Kier alpha value is -3.21. The van der Waals surface area contributed by atoms with Crippen LogP contribution < -0.4 is 4.90 Å². The number of rotatable bonds is 4. The predicted octanol–water partition coefficient (Wildman–Crippen LogP) is 4.97. The van der Waals surface area contributed by atoms with E-state index >= 15 is 0 Å². The SMILES string of the molecule is CN(C)c1cccc(C(=O)N2CCCC(c3cccc(-c4ccc(F)cc4)n3)C2)c1. The highest BCUT2D eigenvalue weighted by Crippen LogP contribution is 2.29. The van der Waals surface area contributed by atoms with E-state index in [-0.39, 0.29) is 17.6 Å². The Kier molecular flexibility index (Phi) is 5.79. The fourth-order valence-electron chi connectivity index (χ4n) is 3.96. The number of pyridine rings is 1. The molecule has 1 atom stereocenters. The van der Waals surface area contributed by atoms with Gasteiger partial charge in [0.2, 0.25) is 0 Å². The quantitative estimate of drug-likeness (QED) is 0.617. The number of nitrogens with zero attached hydrogens (tertiary/aromatic N) is 3. The molecule has 0 bridgehead atoms. The summed E-state index contributed by atoms with van der Waals surface area (Å²) in [7, 11) is 3.95. The van der Waals surface area contributed by atoms with Crippen molar-refractivity contribution in [1.82, 2.24) is 9.88 Å². The second-order valence-corrected chi connectivity index (χ2v) is 7.99. The number of halogens is 1. The highest BCUT2D eigenvalue weighted by Gasteiger charge is 2.26. The number of piperidine rings is 1. The molecule has 1 amide bonds. The van der Waals surface area contributed by atoms with Crippen LogP contribution in [0, 0.1) is 5.82 Å². The van der Waals surface area contributed by atoms with Crippen LogP contribution in [0.1, 0.15) is 34.8 Å². The topological polar surface area (TPSA) is 36.4 Å². The Balaban J connectivity index is 1.53. The second kappa shape index (κ2) is 8.66. The minimum absolute atomic E-state index is 0.0677. The summed E-state index contributed by atoms with van der Waals surface area (Å²) in [6.07, 6.45) is 1.95. The average molecular weight is 404 g/mol. The minimum Gasteiger partial charge on any atom is -0.378 e. The summed E-state index contributed by atoms with van der Waals surface area (Å²) in [5, 5.41) is 0. The molecule has 5 heteroatoms. The van der Waals surface area contributed by atoms with Gasteiger partial charge in [-0.25, -0.2) is 4.39 Å². The van der Waals surface area contributed by atoms with Crippen LogP contribution in [0.15, 0.2) is 66.7 Å². The fraction of sp³-hybridized carbons (Fsp3) is 0.280. The van der Waals surface area contributed by atoms with Crippen molar-refractivity contribution < 1.29 is 9.18 Å². The number of amides is 1. The first-order chi connectivity index (χ1) is 14.5. The van der Waals surface area contributed by atoms with Crippen molar-refractivity contribution >= 4 is 11.6 Å². The molecule has 0 N–H and O–H groups in total. The van der Waals surface area contributed by atoms with E-state index in [0.717, 1.165) is 47.6 Å². The maximum atomic E-state index is 13.2. The first-order valence-electron chi connectivity index (χ1n) is 10.3. The molecule has 0 aliphatic carbocycles. The van der Waals surface area contributed by atoms with Crippen molar-refractivity contribution in [2.24, 2.45) is 0 Å². The Morgan fingerprint density at radius 1 is 1.07 bits per heavy atom. The summed E-state index contributed by atoms with van der Waals surface area (Å²) in [6.45, 7) is 1.42. The van der Waals surface area contributed by atoms with Crippen molar-refractivity contribution in [2.45, 2.75) is 18.8 Å². The number of anilines is 1. The van der Waals surface area contributed by atoms with Gasteiger partial charge in [0.05, 0.1) is 5.69 Å². The van der Waals surface area contributed by atoms with Crippen LogP contribution in [0.3, 0.4) is 0 Å². The van der Waals surface area contributed by atoms with Crippen LogP contribution in [0.5, 0.6) is 0 Å². The molecule has 2 aromatic carbocycles. The van der Waals surface area contributed by atoms with Crippen molar-refractivity contribution in [3.05, 3.63) is 83.8 Å². The molecule has 30 heavy (non-hydrogen) atoms. The van der Waals surface area contributed by atoms with E-state index < -0.39 is 0 Å². The smallest absolute Gasteiger partial charge is 0.253 e. The van der Waals surface area contributed by atoms with Gasteiger partial charge in [0.15, 0.2) is 0 Å². The fourth-order valence-corrected chi connectivity index (χ4v) is 3.96. The zero-order valence-electron chi connectivity index (χ0n) is 17.4. The normalized spacial score (nSPS) is 16.4. The molecule has 1 saturated heterocycles. The molecule has 1 aromatic heterocycles. The molecule has 0 radical (unpaired) electrons.